The van der Waals surface area contributed by atoms with E-state index in [-0.39, 0.29) is 24.3 Å². The minimum absolute atomic E-state index is 0.134. The highest BCUT2D eigenvalue weighted by molar-refractivity contribution is 6.31. The van der Waals surface area contributed by atoms with E-state index in [0.29, 0.717) is 16.1 Å². The Balaban J connectivity index is 1.87. The average molecular weight is 308 g/mol. The minimum atomic E-state index is -0.382. The molecule has 1 aromatic heterocycles. The van der Waals surface area contributed by atoms with Crippen molar-refractivity contribution in [2.24, 2.45) is 7.05 Å². The Morgan fingerprint density at radius 3 is 2.86 bits per heavy atom. The first-order chi connectivity index (χ1) is 10.1. The molecule has 4 nitrogen and oxygen atoms in total. The molecule has 110 valence electrons. The molecule has 6 heteroatoms. The molecular formula is C15H15ClFN3O. The van der Waals surface area contributed by atoms with E-state index < -0.39 is 0 Å². The molecule has 0 unspecified atom stereocenters. The smallest absolute Gasteiger partial charge is 0.257 e. The zero-order valence-electron chi connectivity index (χ0n) is 11.6. The number of aryl methyl sites for hydroxylation is 1. The summed E-state index contributed by atoms with van der Waals surface area (Å²) in [6.07, 6.45) is 5.08. The molecule has 3 rings (SSSR count). The summed E-state index contributed by atoms with van der Waals surface area (Å²) in [4.78, 5) is 14.3. The van der Waals surface area contributed by atoms with Gasteiger partial charge in [-0.05, 0) is 25.0 Å². The van der Waals surface area contributed by atoms with Gasteiger partial charge in [0.15, 0.2) is 0 Å². The molecule has 1 heterocycles. The molecule has 2 aromatic rings. The average Bonchev–Trinajstić information content (AvgIpc) is 3.19. The Kier molecular flexibility index (Phi) is 3.68. The van der Waals surface area contributed by atoms with E-state index >= 15 is 0 Å². The maximum absolute atomic E-state index is 13.9. The van der Waals surface area contributed by atoms with Crippen molar-refractivity contribution >= 4 is 17.5 Å². The Morgan fingerprint density at radius 2 is 2.29 bits per heavy atom. The van der Waals surface area contributed by atoms with Gasteiger partial charge in [0.25, 0.3) is 5.91 Å². The quantitative estimate of drug-likeness (QED) is 0.871. The van der Waals surface area contributed by atoms with Crippen LogP contribution in [-0.2, 0) is 13.6 Å². The molecule has 0 bridgehead atoms. The largest absolute Gasteiger partial charge is 0.331 e. The van der Waals surface area contributed by atoms with E-state index in [4.69, 9.17) is 11.6 Å². The Morgan fingerprint density at radius 1 is 1.52 bits per heavy atom. The van der Waals surface area contributed by atoms with Crippen molar-refractivity contribution in [3.8, 4) is 0 Å². The van der Waals surface area contributed by atoms with Crippen LogP contribution in [0.3, 0.4) is 0 Å². The number of carbonyl (C=O) groups is 1. The standard InChI is InChI=1S/C15H15ClFN3O/c1-19-8-10(7-18-19)15(21)20(11-5-6-11)9-12-13(16)3-2-4-14(12)17/h2-4,7-8,11H,5-6,9H2,1H3. The summed E-state index contributed by atoms with van der Waals surface area (Å²) in [5, 5.41) is 4.36. The highest BCUT2D eigenvalue weighted by atomic mass is 35.5. The van der Waals surface area contributed by atoms with Crippen molar-refractivity contribution in [3.05, 3.63) is 52.6 Å². The van der Waals surface area contributed by atoms with Crippen LogP contribution >= 0.6 is 11.6 Å². The van der Waals surface area contributed by atoms with Crippen LogP contribution in [0.1, 0.15) is 28.8 Å². The lowest BCUT2D eigenvalue weighted by Gasteiger charge is -2.22. The molecule has 0 radical (unpaired) electrons. The lowest BCUT2D eigenvalue weighted by atomic mass is 10.1. The Bertz CT molecular complexity index is 661. The fourth-order valence-corrected chi connectivity index (χ4v) is 2.53. The summed E-state index contributed by atoms with van der Waals surface area (Å²) in [7, 11) is 1.76. The number of hydrogen-bond donors (Lipinski definition) is 0. The number of amides is 1. The molecule has 1 aromatic carbocycles. The molecular weight excluding hydrogens is 293 g/mol. The second kappa shape index (κ2) is 5.48. The fourth-order valence-electron chi connectivity index (χ4n) is 2.30. The van der Waals surface area contributed by atoms with Crippen LogP contribution in [0.2, 0.25) is 5.02 Å². The van der Waals surface area contributed by atoms with Gasteiger partial charge in [0.2, 0.25) is 0 Å². The third-order valence-corrected chi connectivity index (χ3v) is 3.94. The number of halogens is 2. The number of benzene rings is 1. The van der Waals surface area contributed by atoms with E-state index in [9.17, 15) is 9.18 Å². The van der Waals surface area contributed by atoms with Crippen LogP contribution in [0.5, 0.6) is 0 Å². The monoisotopic (exact) mass is 307 g/mol. The van der Waals surface area contributed by atoms with Gasteiger partial charge in [-0.1, -0.05) is 17.7 Å². The minimum Gasteiger partial charge on any atom is -0.331 e. The van der Waals surface area contributed by atoms with Gasteiger partial charge in [0, 0.05) is 29.9 Å². The van der Waals surface area contributed by atoms with Gasteiger partial charge in [0.1, 0.15) is 5.82 Å². The predicted molar refractivity (Wildman–Crippen MR) is 77.5 cm³/mol. The summed E-state index contributed by atoms with van der Waals surface area (Å²) < 4.78 is 15.5. The van der Waals surface area contributed by atoms with E-state index in [0.717, 1.165) is 12.8 Å². The third-order valence-electron chi connectivity index (χ3n) is 3.59. The van der Waals surface area contributed by atoms with Crippen molar-refractivity contribution < 1.29 is 9.18 Å². The number of nitrogens with zero attached hydrogens (tertiary/aromatic N) is 3. The molecule has 1 aliphatic rings. The summed E-state index contributed by atoms with van der Waals surface area (Å²) >= 11 is 6.06. The van der Waals surface area contributed by atoms with Gasteiger partial charge in [-0.25, -0.2) is 4.39 Å². The van der Waals surface area contributed by atoms with E-state index in [1.165, 1.54) is 12.3 Å². The van der Waals surface area contributed by atoms with Gasteiger partial charge in [-0.15, -0.1) is 0 Å². The molecule has 1 saturated carbocycles. The van der Waals surface area contributed by atoms with E-state index in [2.05, 4.69) is 5.10 Å². The fraction of sp³-hybridized carbons (Fsp3) is 0.333. The molecule has 0 saturated heterocycles. The second-order valence-corrected chi connectivity index (χ2v) is 5.67. The van der Waals surface area contributed by atoms with Crippen molar-refractivity contribution in [2.75, 3.05) is 0 Å². The van der Waals surface area contributed by atoms with Crippen LogP contribution < -0.4 is 0 Å². The number of carbonyl (C=O) groups excluding carboxylic acids is 1. The van der Waals surface area contributed by atoms with Crippen molar-refractivity contribution in [2.45, 2.75) is 25.4 Å². The first-order valence-corrected chi connectivity index (χ1v) is 7.16. The topological polar surface area (TPSA) is 38.1 Å². The number of hydrogen-bond acceptors (Lipinski definition) is 2. The highest BCUT2D eigenvalue weighted by Crippen LogP contribution is 2.31. The molecule has 1 amide bonds. The first kappa shape index (κ1) is 14.1. The van der Waals surface area contributed by atoms with Crippen molar-refractivity contribution in [1.29, 1.82) is 0 Å². The SMILES string of the molecule is Cn1cc(C(=O)N(Cc2c(F)cccc2Cl)C2CC2)cn1. The van der Waals surface area contributed by atoms with Gasteiger partial charge in [-0.2, -0.15) is 5.10 Å². The first-order valence-electron chi connectivity index (χ1n) is 6.79. The Hall–Kier alpha value is -1.88. The predicted octanol–water partition coefficient (Wildman–Crippen LogP) is 3.02. The van der Waals surface area contributed by atoms with Crippen molar-refractivity contribution in [1.82, 2.24) is 14.7 Å². The number of rotatable bonds is 4. The molecule has 0 N–H and O–H groups in total. The highest BCUT2D eigenvalue weighted by Gasteiger charge is 2.34. The molecule has 21 heavy (non-hydrogen) atoms. The van der Waals surface area contributed by atoms with E-state index in [1.54, 1.807) is 35.0 Å². The zero-order valence-corrected chi connectivity index (χ0v) is 12.3. The molecule has 1 fully saturated rings. The maximum atomic E-state index is 13.9. The summed E-state index contributed by atoms with van der Waals surface area (Å²) in [6, 6.07) is 4.72. The van der Waals surface area contributed by atoms with Crippen LogP contribution in [0.25, 0.3) is 0 Å². The molecule has 0 spiro atoms. The summed E-state index contributed by atoms with van der Waals surface area (Å²) in [5.41, 5.74) is 0.875. The molecule has 0 aliphatic heterocycles. The van der Waals surface area contributed by atoms with Crippen LogP contribution in [0, 0.1) is 5.82 Å². The van der Waals surface area contributed by atoms with Gasteiger partial charge < -0.3 is 4.90 Å². The van der Waals surface area contributed by atoms with Crippen LogP contribution in [0.4, 0.5) is 4.39 Å². The van der Waals surface area contributed by atoms with Crippen LogP contribution in [0.15, 0.2) is 30.6 Å². The Labute approximate surface area is 127 Å². The van der Waals surface area contributed by atoms with E-state index in [1.807, 2.05) is 0 Å². The summed E-state index contributed by atoms with van der Waals surface area (Å²) in [5.74, 6) is -0.517. The van der Waals surface area contributed by atoms with Gasteiger partial charge in [0.05, 0.1) is 18.3 Å². The number of aromatic nitrogens is 2. The molecule has 0 atom stereocenters. The van der Waals surface area contributed by atoms with Gasteiger partial charge in [-0.3, -0.25) is 9.48 Å². The van der Waals surface area contributed by atoms with Gasteiger partial charge >= 0.3 is 0 Å². The van der Waals surface area contributed by atoms with Crippen LogP contribution in [-0.4, -0.2) is 26.6 Å². The zero-order chi connectivity index (χ0) is 15.0. The second-order valence-electron chi connectivity index (χ2n) is 5.27. The lowest BCUT2D eigenvalue weighted by Crippen LogP contribution is -2.32. The molecule has 1 aliphatic carbocycles. The summed E-state index contributed by atoms with van der Waals surface area (Å²) in [6.45, 7) is 0.184. The van der Waals surface area contributed by atoms with Crippen molar-refractivity contribution in [3.63, 3.8) is 0 Å². The third kappa shape index (κ3) is 2.93. The normalized spacial score (nSPS) is 14.2. The lowest BCUT2D eigenvalue weighted by molar-refractivity contribution is 0.0728. The maximum Gasteiger partial charge on any atom is 0.257 e.